The molecule has 3 aromatic rings. The Labute approximate surface area is 217 Å². The highest BCUT2D eigenvalue weighted by molar-refractivity contribution is 5.98. The Bertz CT molecular complexity index is 1500. The molecule has 0 saturated carbocycles. The van der Waals surface area contributed by atoms with Crippen LogP contribution in [0.2, 0.25) is 0 Å². The van der Waals surface area contributed by atoms with E-state index < -0.39 is 23.3 Å². The number of nitrogens with zero attached hydrogens (tertiary/aromatic N) is 2. The molecular weight excluding hydrogens is 494 g/mol. The lowest BCUT2D eigenvalue weighted by Crippen LogP contribution is -2.38. The van der Waals surface area contributed by atoms with Gasteiger partial charge in [-0.25, -0.2) is 0 Å². The van der Waals surface area contributed by atoms with E-state index in [1.54, 1.807) is 12.1 Å². The summed E-state index contributed by atoms with van der Waals surface area (Å²) in [5.41, 5.74) is 0.904. The molecule has 2 aromatic carbocycles. The van der Waals surface area contributed by atoms with E-state index >= 15 is 0 Å². The number of nitrogens with one attached hydrogen (secondary N) is 3. The van der Waals surface area contributed by atoms with Gasteiger partial charge in [0.2, 0.25) is 17.6 Å². The summed E-state index contributed by atoms with van der Waals surface area (Å²) in [5.74, 6) is -0.331. The molecule has 2 atom stereocenters. The molecule has 0 fully saturated rings. The topological polar surface area (TPSA) is 157 Å². The van der Waals surface area contributed by atoms with Crippen LogP contribution in [-0.2, 0) is 11.3 Å². The van der Waals surface area contributed by atoms with E-state index in [1.165, 1.54) is 21.3 Å². The smallest absolute Gasteiger partial charge is 0.258 e. The van der Waals surface area contributed by atoms with Crippen LogP contribution in [0.4, 0.5) is 11.8 Å². The number of H-pyrrole nitrogens is 1. The molecule has 3 N–H and O–H groups in total. The van der Waals surface area contributed by atoms with Crippen molar-refractivity contribution in [3.63, 3.8) is 0 Å². The fourth-order valence-electron chi connectivity index (χ4n) is 4.68. The summed E-state index contributed by atoms with van der Waals surface area (Å²) >= 11 is 0. The third kappa shape index (κ3) is 4.28. The first-order valence-electron chi connectivity index (χ1n) is 11.7. The summed E-state index contributed by atoms with van der Waals surface area (Å²) in [6.45, 7) is 1.29. The number of fused-ring (bicyclic) bond motifs is 2. The molecule has 196 valence electrons. The van der Waals surface area contributed by atoms with Crippen LogP contribution in [0.15, 0.2) is 35.1 Å². The van der Waals surface area contributed by atoms with Crippen molar-refractivity contribution in [2.75, 3.05) is 45.2 Å². The molecule has 0 aliphatic carbocycles. The van der Waals surface area contributed by atoms with Gasteiger partial charge in [-0.2, -0.15) is 10.2 Å². The molecule has 12 nitrogen and oxygen atoms in total. The summed E-state index contributed by atoms with van der Waals surface area (Å²) in [4.78, 5) is 33.5. The molecule has 1 aromatic heterocycles. The predicted octanol–water partition coefficient (Wildman–Crippen LogP) is 2.40. The van der Waals surface area contributed by atoms with Crippen molar-refractivity contribution in [2.24, 2.45) is 5.92 Å². The summed E-state index contributed by atoms with van der Waals surface area (Å²) in [5, 5.41) is 15.6. The largest absolute Gasteiger partial charge is 0.493 e. The van der Waals surface area contributed by atoms with Crippen LogP contribution in [0.25, 0.3) is 0 Å². The molecule has 0 radical (unpaired) electrons. The molecule has 2 unspecified atom stereocenters. The first kappa shape index (κ1) is 24.8. The van der Waals surface area contributed by atoms with Crippen molar-refractivity contribution in [3.05, 3.63) is 57.4 Å². The second kappa shape index (κ2) is 10.2. The number of hydrogen-bond donors (Lipinski definition) is 3. The van der Waals surface area contributed by atoms with Gasteiger partial charge in [-0.05, 0) is 23.8 Å². The van der Waals surface area contributed by atoms with Crippen LogP contribution in [0, 0.1) is 17.2 Å². The number of benzene rings is 2. The van der Waals surface area contributed by atoms with Crippen molar-refractivity contribution in [2.45, 2.75) is 12.5 Å². The fraction of sp³-hybridized carbons (Fsp3) is 0.308. The lowest BCUT2D eigenvalue weighted by Gasteiger charge is -2.30. The monoisotopic (exact) mass is 519 g/mol. The number of hydrogen-bond acceptors (Lipinski definition) is 10. The van der Waals surface area contributed by atoms with E-state index in [4.69, 9.17) is 23.7 Å². The molecule has 2 aliphatic rings. The molecular formula is C26H25N5O7. The van der Waals surface area contributed by atoms with Crippen molar-refractivity contribution >= 4 is 17.7 Å². The Morgan fingerprint density at radius 3 is 2.53 bits per heavy atom. The number of aromatic amines is 1. The average Bonchev–Trinajstić information content (AvgIpc) is 2.94. The standard InChI is InChI=1S/C26H25N5O7/c1-34-17-7-5-14(21(35-2)22(17)36-3)19-15(11-27)24(32)29-23-20(19)25(33)31-26(30-23)28-12-13-4-6-16-18(10-13)38-9-8-37-16/h4-7,10,15,19H,8-9,12H2,1-3H3,(H3,28,29,30,31,32,33). The van der Waals surface area contributed by atoms with Gasteiger partial charge < -0.3 is 34.3 Å². The van der Waals surface area contributed by atoms with Gasteiger partial charge in [0.15, 0.2) is 23.0 Å². The van der Waals surface area contributed by atoms with Crippen molar-refractivity contribution in [3.8, 4) is 34.8 Å². The third-order valence-electron chi connectivity index (χ3n) is 6.40. The first-order valence-corrected chi connectivity index (χ1v) is 11.7. The van der Waals surface area contributed by atoms with Crippen LogP contribution >= 0.6 is 0 Å². The number of amides is 1. The van der Waals surface area contributed by atoms with Gasteiger partial charge in [-0.1, -0.05) is 12.1 Å². The van der Waals surface area contributed by atoms with Gasteiger partial charge in [-0.3, -0.25) is 14.6 Å². The van der Waals surface area contributed by atoms with Crippen LogP contribution < -0.4 is 39.9 Å². The SMILES string of the molecule is COc1ccc(C2c3c(nc(NCc4ccc5c(c4)OCCO5)[nH]c3=O)NC(=O)C2C#N)c(OC)c1OC. The van der Waals surface area contributed by atoms with Crippen molar-refractivity contribution < 1.29 is 28.5 Å². The molecule has 5 rings (SSSR count). The number of rotatable bonds is 7. The Morgan fingerprint density at radius 1 is 1.05 bits per heavy atom. The lowest BCUT2D eigenvalue weighted by molar-refractivity contribution is -0.119. The Hall–Kier alpha value is -4.92. The first-order chi connectivity index (χ1) is 18.5. The van der Waals surface area contributed by atoms with E-state index in [9.17, 15) is 14.9 Å². The zero-order valence-electron chi connectivity index (χ0n) is 20.9. The molecule has 12 heteroatoms. The minimum Gasteiger partial charge on any atom is -0.493 e. The number of anilines is 2. The summed E-state index contributed by atoms with van der Waals surface area (Å²) in [6, 6.07) is 10.8. The van der Waals surface area contributed by atoms with E-state index in [1.807, 2.05) is 24.3 Å². The third-order valence-corrected chi connectivity index (χ3v) is 6.40. The fourth-order valence-corrected chi connectivity index (χ4v) is 4.68. The highest BCUT2D eigenvalue weighted by Gasteiger charge is 2.42. The van der Waals surface area contributed by atoms with Gasteiger partial charge in [0.25, 0.3) is 5.56 Å². The van der Waals surface area contributed by atoms with E-state index in [2.05, 4.69) is 20.6 Å². The quantitative estimate of drug-likeness (QED) is 0.423. The molecule has 0 spiro atoms. The van der Waals surface area contributed by atoms with Crippen LogP contribution in [-0.4, -0.2) is 50.4 Å². The Balaban J connectivity index is 1.52. The molecule has 1 amide bonds. The summed E-state index contributed by atoms with van der Waals surface area (Å²) in [7, 11) is 4.35. The zero-order valence-corrected chi connectivity index (χ0v) is 20.9. The number of methoxy groups -OCH3 is 3. The summed E-state index contributed by atoms with van der Waals surface area (Å²) in [6.07, 6.45) is 0. The number of carbonyl (C=O) groups excluding carboxylic acids is 1. The average molecular weight is 520 g/mol. The summed E-state index contributed by atoms with van der Waals surface area (Å²) < 4.78 is 27.6. The van der Waals surface area contributed by atoms with Gasteiger partial charge in [0, 0.05) is 18.0 Å². The van der Waals surface area contributed by atoms with E-state index in [-0.39, 0.29) is 28.8 Å². The Morgan fingerprint density at radius 2 is 1.82 bits per heavy atom. The van der Waals surface area contributed by atoms with Crippen molar-refractivity contribution in [1.29, 1.82) is 5.26 Å². The lowest BCUT2D eigenvalue weighted by atomic mass is 9.78. The number of carbonyl (C=O) groups is 1. The molecule has 0 bridgehead atoms. The number of aromatic nitrogens is 2. The second-order valence-electron chi connectivity index (χ2n) is 8.51. The van der Waals surface area contributed by atoms with Gasteiger partial charge in [-0.15, -0.1) is 0 Å². The second-order valence-corrected chi connectivity index (χ2v) is 8.51. The Kier molecular flexibility index (Phi) is 6.66. The van der Waals surface area contributed by atoms with E-state index in [0.717, 1.165) is 5.56 Å². The highest BCUT2D eigenvalue weighted by atomic mass is 16.6. The predicted molar refractivity (Wildman–Crippen MR) is 135 cm³/mol. The van der Waals surface area contributed by atoms with E-state index in [0.29, 0.717) is 42.6 Å². The van der Waals surface area contributed by atoms with Crippen LogP contribution in [0.1, 0.15) is 22.6 Å². The molecule has 38 heavy (non-hydrogen) atoms. The van der Waals surface area contributed by atoms with Gasteiger partial charge in [0.05, 0.1) is 33.0 Å². The maximum atomic E-state index is 13.4. The van der Waals surface area contributed by atoms with Crippen LogP contribution in [0.3, 0.4) is 0 Å². The normalized spacial score (nSPS) is 17.5. The molecule has 3 heterocycles. The zero-order chi connectivity index (χ0) is 26.8. The number of ether oxygens (including phenoxy) is 5. The maximum Gasteiger partial charge on any atom is 0.258 e. The van der Waals surface area contributed by atoms with Gasteiger partial charge in [0.1, 0.15) is 24.9 Å². The molecule has 0 saturated heterocycles. The minimum absolute atomic E-state index is 0.0526. The number of nitriles is 1. The maximum absolute atomic E-state index is 13.4. The van der Waals surface area contributed by atoms with Crippen molar-refractivity contribution in [1.82, 2.24) is 9.97 Å². The van der Waals surface area contributed by atoms with Crippen LogP contribution in [0.5, 0.6) is 28.7 Å². The molecule has 2 aliphatic heterocycles. The highest BCUT2D eigenvalue weighted by Crippen LogP contribution is 2.48. The van der Waals surface area contributed by atoms with Gasteiger partial charge >= 0.3 is 0 Å². The minimum atomic E-state index is -1.21.